The van der Waals surface area contributed by atoms with Crippen LogP contribution in [0.25, 0.3) is 22.4 Å². The van der Waals surface area contributed by atoms with Crippen LogP contribution in [0.5, 0.6) is 5.88 Å². The highest BCUT2D eigenvalue weighted by Gasteiger charge is 2.41. The molecule has 50 heavy (non-hydrogen) atoms. The number of methoxy groups -OCH3 is 1. The molecule has 3 aromatic heterocycles. The number of rotatable bonds is 12. The standard InChI is InChI=1S/C34H37N7O7SSi/c1-22-24-9-8-11-29(32(24)37-34(46-2)26(22)18-35)40(49(44,45)31-12-7-6-10-28(31)41(42)43)23-13-14-27-25(17-23)33(30-19-36-20-48-30)38-39(27)21-47-15-16-50(3,4)5/h6-7,10,12-14,17,19-20,29H,8-9,11,15-16,21H2,1-5H3. The van der Waals surface area contributed by atoms with E-state index in [0.717, 1.165) is 11.6 Å². The topological polar surface area (TPSA) is 180 Å². The van der Waals surface area contributed by atoms with Crippen LogP contribution in [0.3, 0.4) is 0 Å². The largest absolute Gasteiger partial charge is 0.480 e. The minimum atomic E-state index is -4.62. The van der Waals surface area contributed by atoms with Crippen molar-refractivity contribution in [2.24, 2.45) is 0 Å². The molecule has 14 nitrogen and oxygen atoms in total. The number of hydrogen-bond acceptors (Lipinski definition) is 11. The molecule has 1 aliphatic carbocycles. The fraction of sp³-hybridized carbons (Fsp3) is 0.353. The molecule has 260 valence electrons. The molecule has 0 N–H and O–H groups in total. The van der Waals surface area contributed by atoms with Crippen molar-refractivity contribution in [3.05, 3.63) is 87.6 Å². The highest BCUT2D eigenvalue weighted by molar-refractivity contribution is 7.93. The Morgan fingerprint density at radius 3 is 2.68 bits per heavy atom. The molecule has 0 aliphatic heterocycles. The Hall–Kier alpha value is -5.11. The van der Waals surface area contributed by atoms with Crippen LogP contribution in [0.1, 0.15) is 41.3 Å². The first-order valence-corrected chi connectivity index (χ1v) is 21.2. The van der Waals surface area contributed by atoms with Crippen molar-refractivity contribution in [2.45, 2.75) is 69.5 Å². The number of anilines is 1. The summed E-state index contributed by atoms with van der Waals surface area (Å²) in [6.45, 7) is 9.33. The Labute approximate surface area is 290 Å². The van der Waals surface area contributed by atoms with Gasteiger partial charge in [-0.1, -0.05) is 31.8 Å². The van der Waals surface area contributed by atoms with Gasteiger partial charge >= 0.3 is 0 Å². The van der Waals surface area contributed by atoms with Crippen LogP contribution in [-0.2, 0) is 27.9 Å². The second-order valence-corrected chi connectivity index (χ2v) is 20.7. The van der Waals surface area contributed by atoms with Gasteiger partial charge in [-0.2, -0.15) is 10.4 Å². The quantitative estimate of drug-likeness (QED) is 0.0576. The number of nitriles is 1. The Kier molecular flexibility index (Phi) is 9.49. The molecule has 0 fully saturated rings. The summed E-state index contributed by atoms with van der Waals surface area (Å²) in [6.07, 6.45) is 4.32. The van der Waals surface area contributed by atoms with E-state index in [1.807, 2.05) is 0 Å². The normalized spacial score (nSPS) is 14.7. The van der Waals surface area contributed by atoms with Crippen LogP contribution < -0.4 is 9.04 Å². The number of aromatic nitrogens is 4. The van der Waals surface area contributed by atoms with Gasteiger partial charge in [-0.05, 0) is 67.6 Å². The van der Waals surface area contributed by atoms with Crippen molar-refractivity contribution < 1.29 is 27.2 Å². The van der Waals surface area contributed by atoms with E-state index in [9.17, 15) is 23.8 Å². The molecule has 0 spiro atoms. The lowest BCUT2D eigenvalue weighted by Gasteiger charge is -2.36. The number of benzene rings is 2. The van der Waals surface area contributed by atoms with E-state index >= 15 is 0 Å². The van der Waals surface area contributed by atoms with Crippen LogP contribution in [0, 0.1) is 28.4 Å². The molecule has 0 saturated carbocycles. The highest BCUT2D eigenvalue weighted by atomic mass is 32.2. The fourth-order valence-electron chi connectivity index (χ4n) is 6.31. The number of nitrogens with zero attached hydrogens (tertiary/aromatic N) is 7. The van der Waals surface area contributed by atoms with Gasteiger partial charge in [0.1, 0.15) is 24.1 Å². The summed E-state index contributed by atoms with van der Waals surface area (Å²) in [5.74, 6) is 0.451. The zero-order valence-corrected chi connectivity index (χ0v) is 30.2. The van der Waals surface area contributed by atoms with Gasteiger partial charge in [-0.25, -0.2) is 23.1 Å². The lowest BCUT2D eigenvalue weighted by molar-refractivity contribution is -0.387. The number of oxazole rings is 1. The van der Waals surface area contributed by atoms with E-state index in [-0.39, 0.29) is 23.9 Å². The summed E-state index contributed by atoms with van der Waals surface area (Å²) < 4.78 is 49.8. The van der Waals surface area contributed by atoms with E-state index in [2.05, 4.69) is 30.7 Å². The first-order chi connectivity index (χ1) is 23.9. The van der Waals surface area contributed by atoms with Crippen LogP contribution in [0.2, 0.25) is 25.7 Å². The SMILES string of the molecule is COc1nc2c(c(C)c1C#N)CCCC2N(c1ccc2c(c1)c(-c1cnco1)nn2COCC[Si](C)(C)C)S(=O)(=O)c1ccccc1[N+](=O)[O-]. The van der Waals surface area contributed by atoms with Gasteiger partial charge in [0.05, 0.1) is 41.2 Å². The summed E-state index contributed by atoms with van der Waals surface area (Å²) in [5, 5.41) is 27.4. The summed E-state index contributed by atoms with van der Waals surface area (Å²) in [4.78, 5) is 19.7. The van der Waals surface area contributed by atoms with Crippen molar-refractivity contribution in [3.63, 3.8) is 0 Å². The maximum absolute atomic E-state index is 14.9. The number of para-hydroxylation sites is 1. The van der Waals surface area contributed by atoms with E-state index in [1.54, 1.807) is 29.8 Å². The van der Waals surface area contributed by atoms with E-state index in [1.165, 1.54) is 48.3 Å². The van der Waals surface area contributed by atoms with Crippen molar-refractivity contribution in [1.82, 2.24) is 19.7 Å². The molecule has 16 heteroatoms. The predicted molar refractivity (Wildman–Crippen MR) is 188 cm³/mol. The average Bonchev–Trinajstić information content (AvgIpc) is 3.75. The van der Waals surface area contributed by atoms with E-state index < -0.39 is 39.6 Å². The number of pyridine rings is 1. The van der Waals surface area contributed by atoms with Gasteiger partial charge in [0.15, 0.2) is 17.0 Å². The van der Waals surface area contributed by atoms with Crippen molar-refractivity contribution in [2.75, 3.05) is 18.0 Å². The Balaban J connectivity index is 1.56. The fourth-order valence-corrected chi connectivity index (χ4v) is 8.87. The van der Waals surface area contributed by atoms with Crippen LogP contribution >= 0.6 is 0 Å². The Bertz CT molecular complexity index is 2220. The number of ether oxygens (including phenoxy) is 2. The Morgan fingerprint density at radius 2 is 2.00 bits per heavy atom. The zero-order valence-electron chi connectivity index (χ0n) is 28.4. The minimum absolute atomic E-state index is 0.0807. The van der Waals surface area contributed by atoms with E-state index in [4.69, 9.17) is 24.0 Å². The highest BCUT2D eigenvalue weighted by Crippen LogP contribution is 2.44. The predicted octanol–water partition coefficient (Wildman–Crippen LogP) is 6.77. The van der Waals surface area contributed by atoms with Crippen LogP contribution in [0.15, 0.2) is 64.4 Å². The molecule has 5 aromatic rings. The second-order valence-electron chi connectivity index (χ2n) is 13.3. The molecule has 0 saturated heterocycles. The van der Waals surface area contributed by atoms with Gasteiger partial charge in [0.25, 0.3) is 15.7 Å². The average molecular weight is 716 g/mol. The number of nitro benzene ring substituents is 1. The molecule has 1 unspecified atom stereocenters. The minimum Gasteiger partial charge on any atom is -0.480 e. The summed E-state index contributed by atoms with van der Waals surface area (Å²) in [6, 6.07) is 12.6. The third kappa shape index (κ3) is 6.46. The van der Waals surface area contributed by atoms with Crippen molar-refractivity contribution >= 4 is 40.4 Å². The first kappa shape index (κ1) is 34.7. The number of sulfonamides is 1. The summed E-state index contributed by atoms with van der Waals surface area (Å²) >= 11 is 0. The molecule has 6 rings (SSSR count). The lowest BCUT2D eigenvalue weighted by atomic mass is 9.87. The molecular formula is C34H37N7O7SSi. The third-order valence-corrected chi connectivity index (χ3v) is 12.4. The smallest absolute Gasteiger partial charge is 0.289 e. The number of hydrogen-bond donors (Lipinski definition) is 0. The van der Waals surface area contributed by atoms with E-state index in [0.29, 0.717) is 59.5 Å². The summed E-state index contributed by atoms with van der Waals surface area (Å²) in [7, 11) is -4.55. The molecule has 0 bridgehead atoms. The van der Waals surface area contributed by atoms with Gasteiger partial charge < -0.3 is 13.9 Å². The molecule has 1 atom stereocenters. The van der Waals surface area contributed by atoms with Gasteiger partial charge in [-0.15, -0.1) is 0 Å². The van der Waals surface area contributed by atoms with Gasteiger partial charge in [0, 0.05) is 26.1 Å². The van der Waals surface area contributed by atoms with Crippen molar-refractivity contribution in [1.29, 1.82) is 5.26 Å². The number of fused-ring (bicyclic) bond motifs is 2. The number of nitro groups is 1. The molecular weight excluding hydrogens is 679 g/mol. The van der Waals surface area contributed by atoms with Gasteiger partial charge in [-0.3, -0.25) is 14.4 Å². The first-order valence-electron chi connectivity index (χ1n) is 16.1. The maximum atomic E-state index is 14.9. The molecule has 2 aromatic carbocycles. The van der Waals surface area contributed by atoms with Crippen LogP contribution in [-0.4, -0.2) is 54.9 Å². The molecule has 1 aliphatic rings. The molecule has 0 radical (unpaired) electrons. The second kappa shape index (κ2) is 13.7. The summed E-state index contributed by atoms with van der Waals surface area (Å²) in [5.41, 5.74) is 2.86. The van der Waals surface area contributed by atoms with Crippen LogP contribution in [0.4, 0.5) is 11.4 Å². The zero-order chi connectivity index (χ0) is 35.8. The van der Waals surface area contributed by atoms with Gasteiger partial charge in [0.2, 0.25) is 5.88 Å². The molecule has 3 heterocycles. The molecule has 0 amide bonds. The third-order valence-electron chi connectivity index (χ3n) is 8.84. The lowest BCUT2D eigenvalue weighted by Crippen LogP contribution is -2.38. The Morgan fingerprint density at radius 1 is 1.22 bits per heavy atom. The maximum Gasteiger partial charge on any atom is 0.289 e. The monoisotopic (exact) mass is 715 g/mol. The van der Waals surface area contributed by atoms with Crippen molar-refractivity contribution in [3.8, 4) is 23.4 Å².